The molecule has 0 saturated carbocycles. The Hall–Kier alpha value is -3.00. The summed E-state index contributed by atoms with van der Waals surface area (Å²) >= 11 is 0. The number of carbonyl (C=O) groups excluding carboxylic acids is 1. The number of carboxylic acids is 4. The normalized spacial score (nSPS) is 10.6. The molecule has 0 spiro atoms. The molecule has 2 aromatic rings. The van der Waals surface area contributed by atoms with Gasteiger partial charge in [0.1, 0.15) is 5.75 Å². The molecular weight excluding hydrogens is 623 g/mol. The number of rotatable bonds is 14. The smallest absolute Gasteiger partial charge is 0.317 e. The third-order valence-electron chi connectivity index (χ3n) is 4.79. The Morgan fingerprint density at radius 1 is 0.611 bits per heavy atom. The standard InChI is InChI=1S/C23H24N2O10.Tb/c26-18(27)10-24(11-19(28)29)8-16-6-15(22(34)14-4-2-1-3-5-14)7-17(23(16)35)9-25(12-20(30)31)13-21(32)33;/h1-7,35H,8-13H2,(H,26,27)(H,28,29)(H,30,31)(H,32,33);. The molecule has 0 aromatic heterocycles. The first-order valence-corrected chi connectivity index (χ1v) is 10.2. The molecule has 0 aliphatic heterocycles. The molecule has 5 N–H and O–H groups in total. The van der Waals surface area contributed by atoms with Crippen molar-refractivity contribution >= 4 is 29.7 Å². The van der Waals surface area contributed by atoms with Crippen molar-refractivity contribution in [1.29, 1.82) is 0 Å². The second-order valence-electron chi connectivity index (χ2n) is 7.70. The SMILES string of the molecule is O=C(O)CN(CC(=O)O)Cc1cc(C(=O)c2ccccc2)cc(CN(CC(=O)O)CC(=O)O)c1O.[Tb]. The van der Waals surface area contributed by atoms with Crippen molar-refractivity contribution in [3.8, 4) is 5.75 Å². The summed E-state index contributed by atoms with van der Waals surface area (Å²) in [6.07, 6.45) is 0. The summed E-state index contributed by atoms with van der Waals surface area (Å²) in [4.78, 5) is 59.8. The third kappa shape index (κ3) is 9.93. The molecule has 0 atom stereocenters. The molecule has 0 heterocycles. The summed E-state index contributed by atoms with van der Waals surface area (Å²) in [5.41, 5.74) is 0.413. The van der Waals surface area contributed by atoms with E-state index in [0.29, 0.717) is 5.56 Å². The van der Waals surface area contributed by atoms with E-state index in [1.54, 1.807) is 30.3 Å². The molecule has 0 aliphatic carbocycles. The number of aromatic hydroxyl groups is 1. The zero-order chi connectivity index (χ0) is 26.1. The van der Waals surface area contributed by atoms with Crippen molar-refractivity contribution in [1.82, 2.24) is 9.80 Å². The topological polar surface area (TPSA) is 193 Å². The van der Waals surface area contributed by atoms with Crippen molar-refractivity contribution in [3.05, 3.63) is 64.7 Å². The summed E-state index contributed by atoms with van der Waals surface area (Å²) in [6.45, 7) is -3.37. The fraction of sp³-hybridized carbons (Fsp3) is 0.261. The van der Waals surface area contributed by atoms with Crippen LogP contribution in [0.15, 0.2) is 42.5 Å². The number of carbonyl (C=O) groups is 5. The van der Waals surface area contributed by atoms with E-state index in [1.807, 2.05) is 0 Å². The molecule has 0 unspecified atom stereocenters. The van der Waals surface area contributed by atoms with Crippen molar-refractivity contribution in [2.45, 2.75) is 13.1 Å². The van der Waals surface area contributed by atoms with Crippen molar-refractivity contribution in [2.75, 3.05) is 26.2 Å². The van der Waals surface area contributed by atoms with Crippen LogP contribution in [0, 0.1) is 38.6 Å². The minimum atomic E-state index is -1.31. The maximum Gasteiger partial charge on any atom is 0.317 e. The monoisotopic (exact) mass is 647 g/mol. The molecule has 1 radical (unpaired) electrons. The van der Waals surface area contributed by atoms with Crippen LogP contribution in [0.5, 0.6) is 5.75 Å². The Morgan fingerprint density at radius 3 is 1.31 bits per heavy atom. The van der Waals surface area contributed by atoms with Crippen LogP contribution in [-0.2, 0) is 32.3 Å². The van der Waals surface area contributed by atoms with Crippen molar-refractivity contribution in [3.63, 3.8) is 0 Å². The molecule has 0 amide bonds. The van der Waals surface area contributed by atoms with Crippen LogP contribution < -0.4 is 0 Å². The van der Waals surface area contributed by atoms with Gasteiger partial charge < -0.3 is 25.5 Å². The molecule has 36 heavy (non-hydrogen) atoms. The zero-order valence-electron chi connectivity index (χ0n) is 18.8. The van der Waals surface area contributed by atoms with E-state index in [1.165, 1.54) is 12.1 Å². The molecular formula is C23H24N2O10Tb. The zero-order valence-corrected chi connectivity index (χ0v) is 20.9. The molecule has 2 rings (SSSR count). The van der Waals surface area contributed by atoms with Crippen LogP contribution in [0.3, 0.4) is 0 Å². The van der Waals surface area contributed by atoms with Crippen LogP contribution >= 0.6 is 0 Å². The first-order valence-electron chi connectivity index (χ1n) is 10.2. The Bertz CT molecular complexity index is 1030. The van der Waals surface area contributed by atoms with Gasteiger partial charge in [-0.15, -0.1) is 0 Å². The largest absolute Gasteiger partial charge is 0.507 e. The van der Waals surface area contributed by atoms with E-state index in [0.717, 1.165) is 9.80 Å². The van der Waals surface area contributed by atoms with Crippen LogP contribution in [-0.4, -0.2) is 91.2 Å². The summed E-state index contributed by atoms with van der Waals surface area (Å²) < 4.78 is 0. The van der Waals surface area contributed by atoms with Crippen molar-refractivity contribution in [2.24, 2.45) is 0 Å². The fourth-order valence-electron chi connectivity index (χ4n) is 3.47. The predicted molar refractivity (Wildman–Crippen MR) is 119 cm³/mol. The minimum absolute atomic E-state index is 0. The van der Waals surface area contributed by atoms with E-state index in [9.17, 15) is 29.1 Å². The van der Waals surface area contributed by atoms with Crippen LogP contribution in [0.25, 0.3) is 0 Å². The van der Waals surface area contributed by atoms with Crippen LogP contribution in [0.2, 0.25) is 0 Å². The Labute approximate surface area is 236 Å². The predicted octanol–water partition coefficient (Wildman–Crippen LogP) is 0.566. The molecule has 0 fully saturated rings. The third-order valence-corrected chi connectivity index (χ3v) is 4.79. The minimum Gasteiger partial charge on any atom is -0.507 e. The number of benzene rings is 2. The number of phenolic OH excluding ortho intramolecular Hbond substituents is 1. The number of nitrogens with zero attached hydrogens (tertiary/aromatic N) is 2. The summed E-state index contributed by atoms with van der Waals surface area (Å²) in [6, 6.07) is 10.7. The van der Waals surface area contributed by atoms with E-state index in [-0.39, 0.29) is 68.4 Å². The van der Waals surface area contributed by atoms with Gasteiger partial charge in [-0.3, -0.25) is 33.8 Å². The van der Waals surface area contributed by atoms with E-state index in [2.05, 4.69) is 0 Å². The van der Waals surface area contributed by atoms with Crippen LogP contribution in [0.1, 0.15) is 27.0 Å². The molecule has 0 bridgehead atoms. The number of aliphatic carboxylic acids is 4. The van der Waals surface area contributed by atoms with Gasteiger partial charge in [0.2, 0.25) is 0 Å². The number of hydrogen-bond acceptors (Lipinski definition) is 8. The second kappa shape index (κ2) is 14.5. The molecule has 2 aromatic carbocycles. The Morgan fingerprint density at radius 2 is 0.972 bits per heavy atom. The van der Waals surface area contributed by atoms with Gasteiger partial charge in [-0.1, -0.05) is 30.3 Å². The fourth-order valence-corrected chi connectivity index (χ4v) is 3.47. The first kappa shape index (κ1) is 31.0. The van der Waals surface area contributed by atoms with Gasteiger partial charge in [-0.05, 0) is 12.1 Å². The van der Waals surface area contributed by atoms with Gasteiger partial charge in [0.25, 0.3) is 0 Å². The molecule has 195 valence electrons. The Balaban J connectivity index is 0.00000648. The summed E-state index contributed by atoms with van der Waals surface area (Å²) in [5.74, 6) is -6.13. The quantitative estimate of drug-likeness (QED) is 0.179. The maximum absolute atomic E-state index is 13.1. The summed E-state index contributed by atoms with van der Waals surface area (Å²) in [5, 5.41) is 47.3. The van der Waals surface area contributed by atoms with Gasteiger partial charge >= 0.3 is 23.9 Å². The van der Waals surface area contributed by atoms with Crippen LogP contribution in [0.4, 0.5) is 0 Å². The van der Waals surface area contributed by atoms with Gasteiger partial charge in [-0.2, -0.15) is 0 Å². The number of phenols is 1. The average Bonchev–Trinajstić information content (AvgIpc) is 2.74. The molecule has 13 heteroatoms. The van der Waals surface area contributed by atoms with Crippen molar-refractivity contribution < 1.29 is 88.1 Å². The molecule has 0 aliphatic rings. The van der Waals surface area contributed by atoms with Gasteiger partial charge in [0.15, 0.2) is 5.78 Å². The van der Waals surface area contributed by atoms with E-state index < -0.39 is 61.6 Å². The van der Waals surface area contributed by atoms with E-state index in [4.69, 9.17) is 20.4 Å². The van der Waals surface area contributed by atoms with E-state index >= 15 is 0 Å². The number of hydrogen-bond donors (Lipinski definition) is 5. The maximum atomic E-state index is 13.1. The first-order chi connectivity index (χ1) is 16.5. The van der Waals surface area contributed by atoms with Gasteiger partial charge in [0.05, 0.1) is 26.2 Å². The molecule has 0 saturated heterocycles. The average molecular weight is 647 g/mol. The van der Waals surface area contributed by atoms with Gasteiger partial charge in [0, 0.05) is 74.0 Å². The number of ketones is 1. The number of carboxylic acid groups (broad SMARTS) is 4. The molecule has 12 nitrogen and oxygen atoms in total. The Kier molecular flexibility index (Phi) is 12.5. The second-order valence-corrected chi connectivity index (χ2v) is 7.70. The summed E-state index contributed by atoms with van der Waals surface area (Å²) in [7, 11) is 0. The van der Waals surface area contributed by atoms with Gasteiger partial charge in [-0.25, -0.2) is 0 Å².